The van der Waals surface area contributed by atoms with Gasteiger partial charge in [-0.1, -0.05) is 0 Å². The number of nitrogens with zero attached hydrogens (tertiary/aromatic N) is 2. The molecule has 9 heteroatoms. The molecule has 0 bridgehead atoms. The average Bonchev–Trinajstić information content (AvgIpc) is 2.28. The molecule has 1 fully saturated rings. The Morgan fingerprint density at radius 2 is 1.86 bits per heavy atom. The number of rotatable bonds is 2. The lowest BCUT2D eigenvalue weighted by Crippen LogP contribution is -2.69. The number of hydrazine groups is 2. The van der Waals surface area contributed by atoms with Crippen molar-refractivity contribution >= 4 is 23.8 Å². The third-order valence-electron chi connectivity index (χ3n) is 2.43. The van der Waals surface area contributed by atoms with Gasteiger partial charge in [0.2, 0.25) is 5.91 Å². The molecule has 1 heterocycles. The number of ether oxygens (including phenoxy) is 1. The summed E-state index contributed by atoms with van der Waals surface area (Å²) >= 11 is 0. The number of carbonyl (C=O) groups is 4. The highest BCUT2D eigenvalue weighted by Gasteiger charge is 2.39. The fraction of sp³-hybridized carbons (Fsp3) is 0.667. The molecule has 0 aromatic rings. The third-order valence-corrected chi connectivity index (χ3v) is 2.43. The monoisotopic (exact) mass is 300 g/mol. The van der Waals surface area contributed by atoms with Gasteiger partial charge in [-0.25, -0.2) is 20.0 Å². The molecule has 9 nitrogen and oxygen atoms in total. The second kappa shape index (κ2) is 6.08. The number of carbonyl (C=O) groups excluding carboxylic acids is 4. The number of urea groups is 1. The summed E-state index contributed by atoms with van der Waals surface area (Å²) in [5.41, 5.74) is 3.96. The third kappa shape index (κ3) is 4.71. The maximum Gasteiger partial charge on any atom is 0.433 e. The molecule has 0 saturated carbocycles. The number of imide groups is 1. The quantitative estimate of drug-likeness (QED) is 0.752. The van der Waals surface area contributed by atoms with Crippen LogP contribution in [0.2, 0.25) is 0 Å². The van der Waals surface area contributed by atoms with Crippen LogP contribution in [0.5, 0.6) is 0 Å². The Morgan fingerprint density at radius 3 is 2.29 bits per heavy atom. The maximum atomic E-state index is 12.1. The van der Waals surface area contributed by atoms with Gasteiger partial charge < -0.3 is 4.74 Å². The van der Waals surface area contributed by atoms with Crippen LogP contribution in [0, 0.1) is 0 Å². The van der Waals surface area contributed by atoms with Gasteiger partial charge >= 0.3 is 12.1 Å². The molecule has 1 unspecified atom stereocenters. The SMILES string of the molecule is CC(=O)NN1CC(C(C)=O)NN(C(=O)OC(C)(C)C)C1=O. The lowest BCUT2D eigenvalue weighted by molar-refractivity contribution is -0.127. The summed E-state index contributed by atoms with van der Waals surface area (Å²) in [6, 6.07) is -1.64. The molecule has 1 aliphatic rings. The van der Waals surface area contributed by atoms with E-state index in [0.29, 0.717) is 5.01 Å². The standard InChI is InChI=1S/C12H20N4O5/c1-7(17)9-6-15(13-8(2)18)10(19)16(14-9)11(20)21-12(3,4)5/h9,14H,6H2,1-5H3,(H,13,18). The van der Waals surface area contributed by atoms with E-state index in [1.807, 2.05) is 0 Å². The lowest BCUT2D eigenvalue weighted by Gasteiger charge is -2.38. The zero-order chi connectivity index (χ0) is 16.4. The van der Waals surface area contributed by atoms with E-state index in [-0.39, 0.29) is 12.3 Å². The fourth-order valence-electron chi connectivity index (χ4n) is 1.57. The van der Waals surface area contributed by atoms with E-state index in [9.17, 15) is 19.2 Å². The van der Waals surface area contributed by atoms with Gasteiger partial charge in [-0.05, 0) is 27.7 Å². The largest absolute Gasteiger partial charge is 0.442 e. The van der Waals surface area contributed by atoms with Crippen LogP contribution < -0.4 is 10.9 Å². The van der Waals surface area contributed by atoms with E-state index in [1.165, 1.54) is 13.8 Å². The predicted octanol–water partition coefficient (Wildman–Crippen LogP) is 0.172. The predicted molar refractivity (Wildman–Crippen MR) is 71.6 cm³/mol. The molecule has 0 aromatic carbocycles. The van der Waals surface area contributed by atoms with Gasteiger partial charge in [0, 0.05) is 6.92 Å². The van der Waals surface area contributed by atoms with Gasteiger partial charge in [-0.3, -0.25) is 15.0 Å². The molecular formula is C12H20N4O5. The highest BCUT2D eigenvalue weighted by molar-refractivity contribution is 5.94. The van der Waals surface area contributed by atoms with Crippen LogP contribution in [0.1, 0.15) is 34.6 Å². The molecule has 1 saturated heterocycles. The topological polar surface area (TPSA) is 108 Å². The van der Waals surface area contributed by atoms with E-state index < -0.39 is 29.7 Å². The summed E-state index contributed by atoms with van der Waals surface area (Å²) in [4.78, 5) is 46.7. The number of nitrogens with one attached hydrogen (secondary N) is 2. The molecule has 1 aliphatic heterocycles. The van der Waals surface area contributed by atoms with E-state index in [4.69, 9.17) is 4.74 Å². The van der Waals surface area contributed by atoms with Gasteiger partial charge in [-0.15, -0.1) is 0 Å². The minimum absolute atomic E-state index is 0.0763. The van der Waals surface area contributed by atoms with Crippen molar-refractivity contribution < 1.29 is 23.9 Å². The molecular weight excluding hydrogens is 280 g/mol. The van der Waals surface area contributed by atoms with Crippen LogP contribution in [0.4, 0.5) is 9.59 Å². The molecule has 4 amide bonds. The van der Waals surface area contributed by atoms with Crippen molar-refractivity contribution in [2.45, 2.75) is 46.3 Å². The first-order chi connectivity index (χ1) is 9.51. The minimum atomic E-state index is -0.950. The number of amides is 4. The summed E-state index contributed by atoms with van der Waals surface area (Å²) in [6.45, 7) is 7.39. The van der Waals surface area contributed by atoms with Crippen molar-refractivity contribution in [2.24, 2.45) is 0 Å². The number of Topliss-reactive ketones (excluding diaryl/α,β-unsaturated/α-hetero) is 1. The molecule has 2 N–H and O–H groups in total. The fourth-order valence-corrected chi connectivity index (χ4v) is 1.57. The van der Waals surface area contributed by atoms with Crippen molar-refractivity contribution in [1.82, 2.24) is 20.9 Å². The number of hydrogen-bond donors (Lipinski definition) is 2. The molecule has 0 spiro atoms. The first kappa shape index (κ1) is 16.9. The summed E-state index contributed by atoms with van der Waals surface area (Å²) < 4.78 is 5.08. The van der Waals surface area contributed by atoms with E-state index in [1.54, 1.807) is 20.8 Å². The van der Waals surface area contributed by atoms with Crippen LogP contribution in [-0.2, 0) is 14.3 Å². The van der Waals surface area contributed by atoms with Crippen molar-refractivity contribution in [2.75, 3.05) is 6.54 Å². The Balaban J connectivity index is 2.94. The van der Waals surface area contributed by atoms with Crippen molar-refractivity contribution in [3.05, 3.63) is 0 Å². The lowest BCUT2D eigenvalue weighted by atomic mass is 10.2. The molecule has 0 radical (unpaired) electrons. The van der Waals surface area contributed by atoms with Gasteiger partial charge in [-0.2, -0.15) is 5.01 Å². The van der Waals surface area contributed by atoms with Gasteiger partial charge in [0.25, 0.3) is 0 Å². The van der Waals surface area contributed by atoms with Gasteiger partial charge in [0.1, 0.15) is 17.4 Å². The molecule has 1 rings (SSSR count). The maximum absolute atomic E-state index is 12.1. The molecule has 0 aromatic heterocycles. The van der Waals surface area contributed by atoms with Crippen molar-refractivity contribution in [3.63, 3.8) is 0 Å². The van der Waals surface area contributed by atoms with Gasteiger partial charge in [0.05, 0.1) is 6.54 Å². The van der Waals surface area contributed by atoms with E-state index >= 15 is 0 Å². The number of ketones is 1. The average molecular weight is 300 g/mol. The van der Waals surface area contributed by atoms with Crippen molar-refractivity contribution in [1.29, 1.82) is 0 Å². The zero-order valence-corrected chi connectivity index (χ0v) is 12.7. The Kier molecular flexibility index (Phi) is 4.89. The van der Waals surface area contributed by atoms with Crippen LogP contribution in [0.15, 0.2) is 0 Å². The van der Waals surface area contributed by atoms with Gasteiger partial charge in [0.15, 0.2) is 0 Å². The summed E-state index contributed by atoms with van der Waals surface area (Å²) in [5, 5.41) is 1.48. The second-order valence-corrected chi connectivity index (χ2v) is 5.67. The Hall–Kier alpha value is -2.16. The normalized spacial score (nSPS) is 19.3. The van der Waals surface area contributed by atoms with Crippen LogP contribution in [0.25, 0.3) is 0 Å². The van der Waals surface area contributed by atoms with E-state index in [0.717, 1.165) is 5.01 Å². The van der Waals surface area contributed by atoms with E-state index in [2.05, 4.69) is 10.9 Å². The highest BCUT2D eigenvalue weighted by atomic mass is 16.6. The van der Waals surface area contributed by atoms with Crippen LogP contribution in [0.3, 0.4) is 0 Å². The Labute approximate surface area is 122 Å². The first-order valence-corrected chi connectivity index (χ1v) is 6.39. The van der Waals surface area contributed by atoms with Crippen molar-refractivity contribution in [3.8, 4) is 0 Å². The number of hydrogen-bond acceptors (Lipinski definition) is 6. The van der Waals surface area contributed by atoms with Crippen LogP contribution in [-0.4, -0.2) is 52.0 Å². The molecule has 118 valence electrons. The Morgan fingerprint density at radius 1 is 1.29 bits per heavy atom. The summed E-state index contributed by atoms with van der Waals surface area (Å²) in [5.74, 6) is -0.775. The van der Waals surface area contributed by atoms with Crippen LogP contribution >= 0.6 is 0 Å². The summed E-state index contributed by atoms with van der Waals surface area (Å²) in [6.07, 6.45) is -0.950. The minimum Gasteiger partial charge on any atom is -0.442 e. The molecule has 1 atom stereocenters. The summed E-state index contributed by atoms with van der Waals surface area (Å²) in [7, 11) is 0. The zero-order valence-electron chi connectivity index (χ0n) is 12.7. The highest BCUT2D eigenvalue weighted by Crippen LogP contribution is 2.13. The second-order valence-electron chi connectivity index (χ2n) is 5.67. The first-order valence-electron chi connectivity index (χ1n) is 6.39. The molecule has 0 aliphatic carbocycles. The smallest absolute Gasteiger partial charge is 0.433 e. The Bertz CT molecular complexity index is 471. The molecule has 21 heavy (non-hydrogen) atoms.